The third kappa shape index (κ3) is 5.22. The monoisotopic (exact) mass is 604 g/mol. The number of aliphatic carboxylic acids is 1. The number of rotatable bonds is 5. The van der Waals surface area contributed by atoms with Crippen LogP contribution in [-0.4, -0.2) is 61.5 Å². The molecule has 8 rings (SSSR count). The average molecular weight is 605 g/mol. The number of nitrogens with one attached hydrogen (secondary N) is 1. The van der Waals surface area contributed by atoms with Gasteiger partial charge in [-0.3, -0.25) is 14.4 Å². The number of hydrogen-bond donors (Lipinski definition) is 2. The highest BCUT2D eigenvalue weighted by molar-refractivity contribution is 6.14. The van der Waals surface area contributed by atoms with Crippen LogP contribution in [0.5, 0.6) is 0 Å². The molecule has 0 bridgehead atoms. The Kier molecular flexibility index (Phi) is 7.11. The SMILES string of the molecule is Cc1ccnc2c1N(CCC(=O)O)C(=O)c1cccnc1N2C1CC1.Cc1ccnc2c1NC(=O)c1cccnc1N2C1CC1. The lowest BCUT2D eigenvalue weighted by Gasteiger charge is -2.26. The largest absolute Gasteiger partial charge is 0.481 e. The minimum atomic E-state index is -0.939. The van der Waals surface area contributed by atoms with Crippen molar-refractivity contribution in [1.82, 2.24) is 19.9 Å². The van der Waals surface area contributed by atoms with Crippen molar-refractivity contribution in [3.05, 3.63) is 83.4 Å². The summed E-state index contributed by atoms with van der Waals surface area (Å²) >= 11 is 0. The van der Waals surface area contributed by atoms with Crippen molar-refractivity contribution in [3.8, 4) is 0 Å². The van der Waals surface area contributed by atoms with E-state index in [1.807, 2.05) is 36.9 Å². The molecule has 0 saturated heterocycles. The first-order chi connectivity index (χ1) is 21.8. The topological polar surface area (TPSA) is 145 Å². The number of carbonyl (C=O) groups excluding carboxylic acids is 2. The quantitative estimate of drug-likeness (QED) is 0.313. The second-order valence-electron chi connectivity index (χ2n) is 11.6. The van der Waals surface area contributed by atoms with Gasteiger partial charge in [-0.05, 0) is 87.1 Å². The number of hydrogen-bond acceptors (Lipinski definition) is 9. The Morgan fingerprint density at radius 1 is 0.778 bits per heavy atom. The lowest BCUT2D eigenvalue weighted by Crippen LogP contribution is -2.33. The Balaban J connectivity index is 0.000000148. The van der Waals surface area contributed by atoms with Gasteiger partial charge < -0.3 is 25.1 Å². The summed E-state index contributed by atoms with van der Waals surface area (Å²) in [5.74, 6) is 1.51. The summed E-state index contributed by atoms with van der Waals surface area (Å²) in [5.41, 5.74) is 4.47. The molecular weight excluding hydrogens is 572 g/mol. The summed E-state index contributed by atoms with van der Waals surface area (Å²) in [7, 11) is 0. The first-order valence-electron chi connectivity index (χ1n) is 15.1. The van der Waals surface area contributed by atoms with Gasteiger partial charge in [-0.25, -0.2) is 19.9 Å². The molecule has 0 atom stereocenters. The molecule has 2 aliphatic carbocycles. The maximum atomic E-state index is 13.2. The Morgan fingerprint density at radius 3 is 1.98 bits per heavy atom. The predicted molar refractivity (Wildman–Crippen MR) is 169 cm³/mol. The van der Waals surface area contributed by atoms with E-state index in [9.17, 15) is 14.4 Å². The molecule has 2 N–H and O–H groups in total. The van der Waals surface area contributed by atoms with E-state index >= 15 is 0 Å². The smallest absolute Gasteiger partial charge is 0.305 e. The number of anilines is 6. The number of fused-ring (bicyclic) bond motifs is 4. The van der Waals surface area contributed by atoms with E-state index in [1.165, 1.54) is 4.90 Å². The third-order valence-corrected chi connectivity index (χ3v) is 8.33. The van der Waals surface area contributed by atoms with Crippen molar-refractivity contribution in [2.45, 2.75) is 58.0 Å². The molecule has 2 saturated carbocycles. The van der Waals surface area contributed by atoms with Crippen LogP contribution in [0.3, 0.4) is 0 Å². The van der Waals surface area contributed by atoms with Gasteiger partial charge in [-0.15, -0.1) is 0 Å². The van der Waals surface area contributed by atoms with Gasteiger partial charge in [0.15, 0.2) is 11.6 Å². The highest BCUT2D eigenvalue weighted by Gasteiger charge is 2.41. The summed E-state index contributed by atoms with van der Waals surface area (Å²) in [5, 5.41) is 12.1. The van der Waals surface area contributed by atoms with Gasteiger partial charge in [-0.2, -0.15) is 0 Å². The van der Waals surface area contributed by atoms with Gasteiger partial charge in [0.1, 0.15) is 11.6 Å². The van der Waals surface area contributed by atoms with Crippen LogP contribution in [0.2, 0.25) is 0 Å². The number of amides is 2. The fraction of sp³-hybridized carbons (Fsp3) is 0.303. The maximum absolute atomic E-state index is 13.2. The van der Waals surface area contributed by atoms with Crippen LogP contribution >= 0.6 is 0 Å². The van der Waals surface area contributed by atoms with Gasteiger partial charge in [0.25, 0.3) is 11.8 Å². The minimum absolute atomic E-state index is 0.0978. The van der Waals surface area contributed by atoms with Crippen molar-refractivity contribution < 1.29 is 19.5 Å². The minimum Gasteiger partial charge on any atom is -0.481 e. The summed E-state index contributed by atoms with van der Waals surface area (Å²) < 4.78 is 0. The first-order valence-corrected chi connectivity index (χ1v) is 15.1. The van der Waals surface area contributed by atoms with Crippen LogP contribution in [0.1, 0.15) is 63.9 Å². The second kappa shape index (κ2) is 11.3. The highest BCUT2D eigenvalue weighted by Crippen LogP contribution is 2.46. The van der Waals surface area contributed by atoms with E-state index in [0.29, 0.717) is 40.3 Å². The lowest BCUT2D eigenvalue weighted by atomic mass is 10.2. The third-order valence-electron chi connectivity index (χ3n) is 8.33. The summed E-state index contributed by atoms with van der Waals surface area (Å²) in [6, 6.07) is 11.5. The number of carboxylic acid groups (broad SMARTS) is 1. The zero-order chi connectivity index (χ0) is 31.2. The van der Waals surface area contributed by atoms with E-state index in [2.05, 4.69) is 30.2 Å². The molecule has 4 aromatic heterocycles. The zero-order valence-corrected chi connectivity index (χ0v) is 25.0. The Morgan fingerprint density at radius 2 is 1.33 bits per heavy atom. The summed E-state index contributed by atoms with van der Waals surface area (Å²) in [4.78, 5) is 60.3. The molecule has 4 aromatic rings. The summed E-state index contributed by atoms with van der Waals surface area (Å²) in [6.07, 6.45) is 11.0. The molecular formula is C33H32N8O4. The highest BCUT2D eigenvalue weighted by atomic mass is 16.4. The fourth-order valence-electron chi connectivity index (χ4n) is 5.86. The maximum Gasteiger partial charge on any atom is 0.305 e. The van der Waals surface area contributed by atoms with Gasteiger partial charge in [0, 0.05) is 43.4 Å². The van der Waals surface area contributed by atoms with Crippen LogP contribution < -0.4 is 20.0 Å². The van der Waals surface area contributed by atoms with E-state index in [1.54, 1.807) is 43.0 Å². The van der Waals surface area contributed by atoms with Crippen LogP contribution in [0, 0.1) is 13.8 Å². The summed E-state index contributed by atoms with van der Waals surface area (Å²) in [6.45, 7) is 3.99. The predicted octanol–water partition coefficient (Wildman–Crippen LogP) is 5.17. The van der Waals surface area contributed by atoms with Crippen molar-refractivity contribution in [3.63, 3.8) is 0 Å². The number of aromatic nitrogens is 4. The van der Waals surface area contributed by atoms with Gasteiger partial charge in [-0.1, -0.05) is 0 Å². The molecule has 6 heterocycles. The molecule has 0 spiro atoms. The van der Waals surface area contributed by atoms with Crippen molar-refractivity contribution in [1.29, 1.82) is 0 Å². The fourth-order valence-corrected chi connectivity index (χ4v) is 5.86. The Labute approximate surface area is 259 Å². The van der Waals surface area contributed by atoms with Crippen molar-refractivity contribution in [2.75, 3.05) is 26.6 Å². The first kappa shape index (κ1) is 28.4. The van der Waals surface area contributed by atoms with Gasteiger partial charge in [0.2, 0.25) is 0 Å². The molecule has 2 aliphatic heterocycles. The number of aryl methyl sites for hydroxylation is 2. The van der Waals surface area contributed by atoms with Crippen molar-refractivity contribution in [2.24, 2.45) is 0 Å². The van der Waals surface area contributed by atoms with Crippen LogP contribution in [0.4, 0.5) is 34.6 Å². The van der Waals surface area contributed by atoms with E-state index in [4.69, 9.17) is 5.11 Å². The van der Waals surface area contributed by atoms with E-state index in [-0.39, 0.29) is 30.8 Å². The Hall–Kier alpha value is -5.39. The molecule has 228 valence electrons. The number of pyridine rings is 4. The lowest BCUT2D eigenvalue weighted by molar-refractivity contribution is -0.136. The standard InChI is InChI=1S/C18H18N4O3.C15H14N4O/c1-11-6-9-20-17-15(11)21(10-7-14(23)24)18(25)13-3-2-8-19-16(13)22(17)12-4-5-12;1-9-6-8-17-14-12(9)18-15(20)11-3-2-7-16-13(11)19(14)10-4-5-10/h2-3,6,8-9,12H,4-5,7,10H2,1H3,(H,23,24);2-3,6-8,10H,4-5H2,1H3,(H,18,20). The molecule has 12 nitrogen and oxygen atoms in total. The molecule has 0 aromatic carbocycles. The van der Waals surface area contributed by atoms with Gasteiger partial charge >= 0.3 is 5.97 Å². The molecule has 12 heteroatoms. The van der Waals surface area contributed by atoms with Crippen LogP contribution in [0.15, 0.2) is 61.2 Å². The van der Waals surface area contributed by atoms with Gasteiger partial charge in [0.05, 0.1) is 28.9 Å². The molecule has 0 unspecified atom stereocenters. The normalized spacial score (nSPS) is 16.6. The molecule has 2 amide bonds. The average Bonchev–Trinajstić information content (AvgIpc) is 3.95. The number of carbonyl (C=O) groups is 3. The number of carboxylic acids is 1. The molecule has 0 radical (unpaired) electrons. The Bertz CT molecular complexity index is 1840. The van der Waals surface area contributed by atoms with Crippen molar-refractivity contribution >= 4 is 52.4 Å². The molecule has 45 heavy (non-hydrogen) atoms. The van der Waals surface area contributed by atoms with Crippen LogP contribution in [0.25, 0.3) is 0 Å². The molecule has 4 aliphatic rings. The van der Waals surface area contributed by atoms with Crippen LogP contribution in [-0.2, 0) is 4.79 Å². The van der Waals surface area contributed by atoms with E-state index < -0.39 is 5.97 Å². The number of nitrogens with zero attached hydrogens (tertiary/aromatic N) is 7. The molecule has 2 fully saturated rings. The zero-order valence-electron chi connectivity index (χ0n) is 25.0. The van der Waals surface area contributed by atoms with E-state index in [0.717, 1.165) is 48.3 Å². The second-order valence-corrected chi connectivity index (χ2v) is 11.6.